The van der Waals surface area contributed by atoms with Crippen LogP contribution in [0.2, 0.25) is 0 Å². The van der Waals surface area contributed by atoms with Gasteiger partial charge in [-0.1, -0.05) is 139 Å². The molecule has 6 rings (SSSR count). The largest absolute Gasteiger partial charge is 0.507 e. The molecule has 0 amide bonds. The van der Waals surface area contributed by atoms with E-state index < -0.39 is 0 Å². The van der Waals surface area contributed by atoms with Crippen molar-refractivity contribution in [1.82, 2.24) is 0 Å². The maximum atomic E-state index is 12.0. The molecule has 5 heteroatoms. The van der Waals surface area contributed by atoms with E-state index in [0.29, 0.717) is 25.7 Å². The molecule has 0 aliphatic heterocycles. The van der Waals surface area contributed by atoms with E-state index in [-0.39, 0.29) is 57.5 Å². The average molecular weight is 805 g/mol. The average Bonchev–Trinajstić information content (AvgIpc) is 3.08. The third-order valence-electron chi connectivity index (χ3n) is 11.1. The van der Waals surface area contributed by atoms with Crippen molar-refractivity contribution in [2.24, 2.45) is 0 Å². The van der Waals surface area contributed by atoms with E-state index in [9.17, 15) is 15.3 Å². The minimum Gasteiger partial charge on any atom is -0.507 e. The molecule has 57 heavy (non-hydrogen) atoms. The Morgan fingerprint density at radius 1 is 0.439 bits per heavy atom. The number of phenols is 3. The maximum absolute atomic E-state index is 12.0. The predicted molar refractivity (Wildman–Crippen MR) is 233 cm³/mol. The van der Waals surface area contributed by atoms with Gasteiger partial charge in [0.2, 0.25) is 0 Å². The third-order valence-corrected chi connectivity index (χ3v) is 11.1. The number of methoxy groups -OCH3 is 1. The van der Waals surface area contributed by atoms with Crippen LogP contribution in [0.1, 0.15) is 155 Å². The first-order valence-corrected chi connectivity index (χ1v) is 20.1. The van der Waals surface area contributed by atoms with Crippen molar-refractivity contribution in [3.05, 3.63) is 151 Å². The summed E-state index contributed by atoms with van der Waals surface area (Å²) in [7, 11) is 1.72. The summed E-state index contributed by atoms with van der Waals surface area (Å²) in [6.07, 6.45) is 1.69. The van der Waals surface area contributed by atoms with Crippen LogP contribution in [-0.2, 0) is 65.9 Å². The zero-order valence-electron chi connectivity index (χ0n) is 37.0. The van der Waals surface area contributed by atoms with E-state index >= 15 is 0 Å². The number of hydrogen-bond donors (Lipinski definition) is 3. The fraction of sp³-hybridized carbons (Fsp3) is 0.423. The molecule has 303 valence electrons. The van der Waals surface area contributed by atoms with Crippen LogP contribution < -0.4 is 4.74 Å². The molecule has 1 radical (unpaired) electrons. The summed E-state index contributed by atoms with van der Waals surface area (Å²) in [5.41, 5.74) is 11.9. The van der Waals surface area contributed by atoms with E-state index in [0.717, 1.165) is 66.9 Å². The molecule has 5 aromatic carbocycles. The van der Waals surface area contributed by atoms with Crippen LogP contribution in [0.5, 0.6) is 23.0 Å². The quantitative estimate of drug-likeness (QED) is 0.145. The normalized spacial score (nSPS) is 13.2. The van der Waals surface area contributed by atoms with Gasteiger partial charge in [0.25, 0.3) is 0 Å². The molecule has 0 saturated carbocycles. The summed E-state index contributed by atoms with van der Waals surface area (Å²) in [6, 6.07) is 27.9. The second kappa shape index (κ2) is 17.0. The molecule has 0 unspecified atom stereocenters. The van der Waals surface area contributed by atoms with Gasteiger partial charge in [0.15, 0.2) is 0 Å². The standard InChI is InChI=1S/C45H58O4.C7H7.V/c1-42(2,3)34-18-26-14-28-20-35(43(4,5)6)22-30(39(28)47)16-32-24-37(45(10,11)12)25-33(41(32)49-13)17-31-23-36(44(7,8)9)21-29(40(31)48)15-27(19-34)38(26)46;1-7-5-3-2-4-6-7;/h18-25,46-48H,14-17H2,1-13H3;3-6H,1H3;/q;-1;. The van der Waals surface area contributed by atoms with Crippen LogP contribution in [0.4, 0.5) is 0 Å². The number of phenolic OH excluding ortho intramolecular Hbond substituents is 3. The van der Waals surface area contributed by atoms with Crippen molar-refractivity contribution >= 4 is 0 Å². The summed E-state index contributed by atoms with van der Waals surface area (Å²) < 4.78 is 6.21. The molecule has 0 atom stereocenters. The number of hydrogen-bond acceptors (Lipinski definition) is 4. The molecule has 1 aliphatic carbocycles. The summed E-state index contributed by atoms with van der Waals surface area (Å²) in [5.74, 6) is 1.50. The number of ether oxygens (including phenoxy) is 1. The molecular weight excluding hydrogens is 740 g/mol. The van der Waals surface area contributed by atoms with E-state index in [1.165, 1.54) is 11.1 Å². The van der Waals surface area contributed by atoms with Gasteiger partial charge >= 0.3 is 0 Å². The van der Waals surface area contributed by atoms with E-state index in [1.54, 1.807) is 7.11 Å². The van der Waals surface area contributed by atoms with Crippen molar-refractivity contribution < 1.29 is 38.6 Å². The van der Waals surface area contributed by atoms with E-state index in [1.807, 2.05) is 24.3 Å². The van der Waals surface area contributed by atoms with Gasteiger partial charge < -0.3 is 20.1 Å². The number of benzene rings is 5. The topological polar surface area (TPSA) is 69.9 Å². The second-order valence-electron chi connectivity index (χ2n) is 20.0. The van der Waals surface area contributed by atoms with Gasteiger partial charge in [0.05, 0.1) is 7.11 Å². The van der Waals surface area contributed by atoms with Crippen LogP contribution in [0.15, 0.2) is 72.8 Å². The van der Waals surface area contributed by atoms with Crippen LogP contribution in [0.3, 0.4) is 0 Å². The van der Waals surface area contributed by atoms with Gasteiger partial charge in [-0.2, -0.15) is 35.9 Å². The Morgan fingerprint density at radius 2 is 0.667 bits per heavy atom. The molecule has 0 fully saturated rings. The molecular formula is C52H65O4V-. The molecule has 0 heterocycles. The number of aryl methyl sites for hydroxylation is 1. The second-order valence-corrected chi connectivity index (χ2v) is 20.0. The summed E-state index contributed by atoms with van der Waals surface area (Å²) >= 11 is 0. The Labute approximate surface area is 355 Å². The van der Waals surface area contributed by atoms with Crippen LogP contribution >= 0.6 is 0 Å². The first kappa shape index (κ1) is 45.6. The Kier molecular flexibility index (Phi) is 13.6. The van der Waals surface area contributed by atoms with Crippen LogP contribution in [-0.4, -0.2) is 22.4 Å². The molecule has 3 N–H and O–H groups in total. The van der Waals surface area contributed by atoms with Crippen molar-refractivity contribution in [1.29, 1.82) is 0 Å². The van der Waals surface area contributed by atoms with Crippen LogP contribution in [0, 0.1) is 13.0 Å². The van der Waals surface area contributed by atoms with Crippen molar-refractivity contribution in [2.75, 3.05) is 7.11 Å². The SMILES string of the molecule is COc1c2cc(C(C)(C)C)cc1Cc1cc(C(C)(C)C)cc(c1O)Cc1cc(C(C)(C)C)cc(c1O)Cc1cc(C(C)(C)C)cc(c1O)C2.Cc1cc[c-]cc1.[V]. The van der Waals surface area contributed by atoms with Gasteiger partial charge in [-0.3, -0.25) is 0 Å². The molecule has 4 nitrogen and oxygen atoms in total. The predicted octanol–water partition coefficient (Wildman–Crippen LogP) is 12.5. The minimum atomic E-state index is -0.178. The Hall–Kier alpha value is -4.12. The maximum Gasteiger partial charge on any atom is 0.125 e. The fourth-order valence-electron chi connectivity index (χ4n) is 7.39. The summed E-state index contributed by atoms with van der Waals surface area (Å²) in [5, 5.41) is 36.0. The minimum absolute atomic E-state index is 0. The van der Waals surface area contributed by atoms with Gasteiger partial charge in [0, 0.05) is 44.2 Å². The van der Waals surface area contributed by atoms with Crippen molar-refractivity contribution in [3.8, 4) is 23.0 Å². The van der Waals surface area contributed by atoms with E-state index in [4.69, 9.17) is 4.74 Å². The zero-order chi connectivity index (χ0) is 41.5. The smallest absolute Gasteiger partial charge is 0.125 e. The summed E-state index contributed by atoms with van der Waals surface area (Å²) in [4.78, 5) is 0. The van der Waals surface area contributed by atoms with Crippen molar-refractivity contribution in [3.63, 3.8) is 0 Å². The summed E-state index contributed by atoms with van der Waals surface area (Å²) in [6.45, 7) is 28.4. The van der Waals surface area contributed by atoms with Gasteiger partial charge in [0.1, 0.15) is 23.0 Å². The number of fused-ring (bicyclic) bond motifs is 8. The van der Waals surface area contributed by atoms with Gasteiger partial charge in [-0.25, -0.2) is 0 Å². The van der Waals surface area contributed by atoms with Crippen molar-refractivity contribution in [2.45, 2.75) is 137 Å². The van der Waals surface area contributed by atoms with Gasteiger partial charge in [-0.05, 0) is 88.4 Å². The third kappa shape index (κ3) is 10.7. The van der Waals surface area contributed by atoms with Gasteiger partial charge in [-0.15, -0.1) is 0 Å². The zero-order valence-corrected chi connectivity index (χ0v) is 38.4. The first-order valence-electron chi connectivity index (χ1n) is 20.1. The van der Waals surface area contributed by atoms with Crippen LogP contribution in [0.25, 0.3) is 0 Å². The first-order chi connectivity index (χ1) is 25.9. The molecule has 0 saturated heterocycles. The molecule has 5 aromatic rings. The molecule has 8 bridgehead atoms. The number of rotatable bonds is 1. The monoisotopic (exact) mass is 804 g/mol. The fourth-order valence-corrected chi connectivity index (χ4v) is 7.39. The molecule has 1 aliphatic rings. The Bertz CT molecular complexity index is 2090. The Balaban J connectivity index is 0.000000812. The number of aromatic hydroxyl groups is 3. The Morgan fingerprint density at radius 3 is 0.860 bits per heavy atom. The van der Waals surface area contributed by atoms with E-state index in [2.05, 4.69) is 145 Å². The molecule has 0 spiro atoms. The molecule has 0 aromatic heterocycles.